The van der Waals surface area contributed by atoms with E-state index in [0.717, 1.165) is 16.7 Å². The molecule has 1 atom stereocenters. The topological polar surface area (TPSA) is 73.0 Å². The summed E-state index contributed by atoms with van der Waals surface area (Å²) in [6, 6.07) is 9.79. The highest BCUT2D eigenvalue weighted by Crippen LogP contribution is 2.19. The van der Waals surface area contributed by atoms with E-state index in [1.54, 1.807) is 13.2 Å². The average molecular weight is 284 g/mol. The standard InChI is InChI=1S/C15H16N4O2/c1-10(16-15(20)13-9-19(2)18-17-13)7-12-8-11-5-3-4-6-14(11)21-12/h3-6,8-10H,7H2,1-2H3,(H,16,20)/t10-/m0/s1. The van der Waals surface area contributed by atoms with Gasteiger partial charge in [-0.25, -0.2) is 0 Å². The predicted octanol–water partition coefficient (Wildman–Crippen LogP) is 1.92. The largest absolute Gasteiger partial charge is 0.461 e. The van der Waals surface area contributed by atoms with Gasteiger partial charge in [0, 0.05) is 24.9 Å². The maximum Gasteiger partial charge on any atom is 0.273 e. The summed E-state index contributed by atoms with van der Waals surface area (Å²) in [7, 11) is 1.72. The Labute approximate surface area is 121 Å². The van der Waals surface area contributed by atoms with Gasteiger partial charge in [0.2, 0.25) is 0 Å². The maximum atomic E-state index is 12.0. The van der Waals surface area contributed by atoms with E-state index in [0.29, 0.717) is 12.1 Å². The lowest BCUT2D eigenvalue weighted by Gasteiger charge is -2.10. The molecule has 0 aliphatic carbocycles. The molecular weight excluding hydrogens is 268 g/mol. The van der Waals surface area contributed by atoms with Crippen molar-refractivity contribution in [1.82, 2.24) is 20.3 Å². The number of amides is 1. The van der Waals surface area contributed by atoms with Gasteiger partial charge in [-0.15, -0.1) is 5.10 Å². The lowest BCUT2D eigenvalue weighted by atomic mass is 10.1. The van der Waals surface area contributed by atoms with Gasteiger partial charge in [0.05, 0.1) is 6.20 Å². The minimum absolute atomic E-state index is 0.0555. The monoisotopic (exact) mass is 284 g/mol. The van der Waals surface area contributed by atoms with Crippen LogP contribution in [0, 0.1) is 0 Å². The molecule has 0 bridgehead atoms. The first-order valence-electron chi connectivity index (χ1n) is 6.76. The number of hydrogen-bond acceptors (Lipinski definition) is 4. The normalized spacial score (nSPS) is 12.5. The number of aryl methyl sites for hydroxylation is 1. The van der Waals surface area contributed by atoms with Gasteiger partial charge in [-0.3, -0.25) is 9.48 Å². The molecule has 6 heteroatoms. The molecule has 0 fully saturated rings. The number of benzene rings is 1. The van der Waals surface area contributed by atoms with E-state index < -0.39 is 0 Å². The van der Waals surface area contributed by atoms with Gasteiger partial charge in [-0.2, -0.15) is 0 Å². The molecule has 1 N–H and O–H groups in total. The molecule has 1 amide bonds. The van der Waals surface area contributed by atoms with Gasteiger partial charge in [-0.1, -0.05) is 23.4 Å². The van der Waals surface area contributed by atoms with Crippen molar-refractivity contribution < 1.29 is 9.21 Å². The summed E-state index contributed by atoms with van der Waals surface area (Å²) in [4.78, 5) is 12.0. The summed E-state index contributed by atoms with van der Waals surface area (Å²) in [5.74, 6) is 0.620. The third-order valence-electron chi connectivity index (χ3n) is 3.20. The first kappa shape index (κ1) is 13.4. The maximum absolute atomic E-state index is 12.0. The number of rotatable bonds is 4. The molecule has 0 spiro atoms. The van der Waals surface area contributed by atoms with Crippen LogP contribution in [0.5, 0.6) is 0 Å². The second-order valence-corrected chi connectivity index (χ2v) is 5.11. The van der Waals surface area contributed by atoms with Crippen molar-refractivity contribution in [3.8, 4) is 0 Å². The van der Waals surface area contributed by atoms with E-state index >= 15 is 0 Å². The number of para-hydroxylation sites is 1. The van der Waals surface area contributed by atoms with Crippen LogP contribution in [0.3, 0.4) is 0 Å². The minimum atomic E-state index is -0.230. The zero-order chi connectivity index (χ0) is 14.8. The third-order valence-corrected chi connectivity index (χ3v) is 3.20. The quantitative estimate of drug-likeness (QED) is 0.794. The fourth-order valence-electron chi connectivity index (χ4n) is 2.24. The van der Waals surface area contributed by atoms with Crippen LogP contribution < -0.4 is 5.32 Å². The minimum Gasteiger partial charge on any atom is -0.461 e. The third kappa shape index (κ3) is 2.94. The Morgan fingerprint density at radius 3 is 2.95 bits per heavy atom. The lowest BCUT2D eigenvalue weighted by molar-refractivity contribution is 0.0934. The lowest BCUT2D eigenvalue weighted by Crippen LogP contribution is -2.34. The molecule has 0 aliphatic rings. The predicted molar refractivity (Wildman–Crippen MR) is 77.8 cm³/mol. The Morgan fingerprint density at radius 1 is 1.43 bits per heavy atom. The second-order valence-electron chi connectivity index (χ2n) is 5.11. The highest BCUT2D eigenvalue weighted by atomic mass is 16.3. The average Bonchev–Trinajstić information content (AvgIpc) is 3.03. The Hall–Kier alpha value is -2.63. The van der Waals surface area contributed by atoms with E-state index in [-0.39, 0.29) is 11.9 Å². The smallest absolute Gasteiger partial charge is 0.273 e. The number of hydrogen-bond donors (Lipinski definition) is 1. The summed E-state index contributed by atoms with van der Waals surface area (Å²) in [6.07, 6.45) is 2.21. The molecule has 2 aromatic heterocycles. The summed E-state index contributed by atoms with van der Waals surface area (Å²) >= 11 is 0. The van der Waals surface area contributed by atoms with E-state index in [1.165, 1.54) is 4.68 Å². The van der Waals surface area contributed by atoms with E-state index in [4.69, 9.17) is 4.42 Å². The molecule has 3 rings (SSSR count). The molecule has 1 aromatic carbocycles. The van der Waals surface area contributed by atoms with Crippen LogP contribution in [0.1, 0.15) is 23.2 Å². The van der Waals surface area contributed by atoms with Gasteiger partial charge < -0.3 is 9.73 Å². The van der Waals surface area contributed by atoms with Crippen molar-refractivity contribution >= 4 is 16.9 Å². The van der Waals surface area contributed by atoms with Crippen LogP contribution in [0.15, 0.2) is 40.9 Å². The molecule has 0 saturated heterocycles. The Morgan fingerprint density at radius 2 is 2.24 bits per heavy atom. The van der Waals surface area contributed by atoms with Crippen LogP contribution in [0.2, 0.25) is 0 Å². The number of aromatic nitrogens is 3. The number of carbonyl (C=O) groups excluding carboxylic acids is 1. The molecule has 0 saturated carbocycles. The SMILES string of the molecule is C[C@@H](Cc1cc2ccccc2o1)NC(=O)c1cn(C)nn1. The van der Waals surface area contributed by atoms with Crippen molar-refractivity contribution in [2.45, 2.75) is 19.4 Å². The first-order chi connectivity index (χ1) is 10.1. The van der Waals surface area contributed by atoms with E-state index in [2.05, 4.69) is 15.6 Å². The van der Waals surface area contributed by atoms with Crippen molar-refractivity contribution in [1.29, 1.82) is 0 Å². The first-order valence-corrected chi connectivity index (χ1v) is 6.76. The highest BCUT2D eigenvalue weighted by Gasteiger charge is 2.14. The number of furan rings is 1. The van der Waals surface area contributed by atoms with Gasteiger partial charge in [0.15, 0.2) is 5.69 Å². The number of carbonyl (C=O) groups is 1. The summed E-state index contributed by atoms with van der Waals surface area (Å²) < 4.78 is 7.25. The van der Waals surface area contributed by atoms with Crippen molar-refractivity contribution in [3.05, 3.63) is 48.0 Å². The van der Waals surface area contributed by atoms with Crippen LogP contribution in [-0.4, -0.2) is 26.9 Å². The molecule has 2 heterocycles. The second kappa shape index (κ2) is 5.40. The van der Waals surface area contributed by atoms with Crippen LogP contribution >= 0.6 is 0 Å². The number of nitrogens with one attached hydrogen (secondary N) is 1. The number of fused-ring (bicyclic) bond motifs is 1. The zero-order valence-corrected chi connectivity index (χ0v) is 11.9. The number of nitrogens with zero attached hydrogens (tertiary/aromatic N) is 3. The Balaban J connectivity index is 1.65. The Bertz CT molecular complexity index is 742. The molecule has 108 valence electrons. The summed E-state index contributed by atoms with van der Waals surface area (Å²) in [6.45, 7) is 1.93. The molecule has 21 heavy (non-hydrogen) atoms. The van der Waals surface area contributed by atoms with Gasteiger partial charge in [-0.05, 0) is 19.1 Å². The fraction of sp³-hybridized carbons (Fsp3) is 0.267. The van der Waals surface area contributed by atoms with E-state index in [9.17, 15) is 4.79 Å². The van der Waals surface area contributed by atoms with Crippen LogP contribution in [0.4, 0.5) is 0 Å². The Kier molecular flexibility index (Phi) is 3.43. The van der Waals surface area contributed by atoms with Crippen LogP contribution in [0.25, 0.3) is 11.0 Å². The van der Waals surface area contributed by atoms with E-state index in [1.807, 2.05) is 37.3 Å². The molecule has 3 aromatic rings. The van der Waals surface area contributed by atoms with Crippen molar-refractivity contribution in [3.63, 3.8) is 0 Å². The van der Waals surface area contributed by atoms with Gasteiger partial charge >= 0.3 is 0 Å². The van der Waals surface area contributed by atoms with Crippen LogP contribution in [-0.2, 0) is 13.5 Å². The van der Waals surface area contributed by atoms with Gasteiger partial charge in [0.25, 0.3) is 5.91 Å². The summed E-state index contributed by atoms with van der Waals surface area (Å²) in [5.41, 5.74) is 1.17. The zero-order valence-electron chi connectivity index (χ0n) is 11.9. The summed E-state index contributed by atoms with van der Waals surface area (Å²) in [5, 5.41) is 11.5. The molecule has 6 nitrogen and oxygen atoms in total. The fourth-order valence-corrected chi connectivity index (χ4v) is 2.24. The molecule has 0 radical (unpaired) electrons. The highest BCUT2D eigenvalue weighted by molar-refractivity contribution is 5.92. The molecule has 0 aliphatic heterocycles. The van der Waals surface area contributed by atoms with Crippen molar-refractivity contribution in [2.24, 2.45) is 7.05 Å². The molecular formula is C15H16N4O2. The van der Waals surface area contributed by atoms with Gasteiger partial charge in [0.1, 0.15) is 11.3 Å². The molecule has 0 unspecified atom stereocenters. The van der Waals surface area contributed by atoms with Crippen molar-refractivity contribution in [2.75, 3.05) is 0 Å².